The van der Waals surface area contributed by atoms with Gasteiger partial charge in [-0.15, -0.1) is 0 Å². The molecule has 0 radical (unpaired) electrons. The van der Waals surface area contributed by atoms with Crippen molar-refractivity contribution in [3.05, 3.63) is 53.1 Å². The van der Waals surface area contributed by atoms with Crippen LogP contribution in [-0.2, 0) is 11.3 Å². The first kappa shape index (κ1) is 21.0. The van der Waals surface area contributed by atoms with E-state index in [9.17, 15) is 14.0 Å². The number of likely N-dealkylation sites (tertiary alicyclic amines) is 1. The number of carbonyl (C=O) groups excluding carboxylic acids is 2. The zero-order valence-corrected chi connectivity index (χ0v) is 17.3. The molecule has 1 aromatic carbocycles. The van der Waals surface area contributed by atoms with Crippen LogP contribution in [0.4, 0.5) is 4.39 Å². The van der Waals surface area contributed by atoms with Gasteiger partial charge in [-0.2, -0.15) is 5.10 Å². The van der Waals surface area contributed by atoms with E-state index in [0.29, 0.717) is 25.2 Å². The molecule has 1 saturated heterocycles. The molecule has 2 unspecified atom stereocenters. The molecule has 2 atom stereocenters. The molecule has 29 heavy (non-hydrogen) atoms. The van der Waals surface area contributed by atoms with Crippen molar-refractivity contribution in [3.8, 4) is 0 Å². The first-order chi connectivity index (χ1) is 13.8. The number of benzene rings is 1. The lowest BCUT2D eigenvalue weighted by Gasteiger charge is -2.32. The van der Waals surface area contributed by atoms with Gasteiger partial charge in [-0.3, -0.25) is 14.3 Å². The highest BCUT2D eigenvalue weighted by molar-refractivity contribution is 5.94. The number of aryl methyl sites for hydroxylation is 2. The molecule has 1 fully saturated rings. The number of amides is 2. The minimum Gasteiger partial charge on any atom is -0.355 e. The van der Waals surface area contributed by atoms with Crippen LogP contribution in [0, 0.1) is 31.5 Å². The number of aromatic nitrogens is 2. The Morgan fingerprint density at radius 1 is 1.28 bits per heavy atom. The second-order valence-corrected chi connectivity index (χ2v) is 8.06. The highest BCUT2D eigenvalue weighted by atomic mass is 19.1. The summed E-state index contributed by atoms with van der Waals surface area (Å²) >= 11 is 0. The van der Waals surface area contributed by atoms with Crippen molar-refractivity contribution < 1.29 is 14.0 Å². The Labute approximate surface area is 171 Å². The van der Waals surface area contributed by atoms with E-state index in [-0.39, 0.29) is 29.5 Å². The van der Waals surface area contributed by atoms with Crippen molar-refractivity contribution in [3.63, 3.8) is 0 Å². The molecule has 7 heteroatoms. The molecule has 2 amide bonds. The van der Waals surface area contributed by atoms with Gasteiger partial charge in [0.15, 0.2) is 0 Å². The molecule has 2 aromatic rings. The van der Waals surface area contributed by atoms with Gasteiger partial charge >= 0.3 is 0 Å². The Balaban J connectivity index is 1.50. The monoisotopic (exact) mass is 400 g/mol. The Hall–Kier alpha value is -2.70. The van der Waals surface area contributed by atoms with Crippen LogP contribution >= 0.6 is 0 Å². The molecule has 1 aliphatic heterocycles. The summed E-state index contributed by atoms with van der Waals surface area (Å²) in [6.07, 6.45) is 1.55. The van der Waals surface area contributed by atoms with E-state index in [2.05, 4.69) is 17.3 Å². The Morgan fingerprint density at radius 3 is 2.66 bits per heavy atom. The van der Waals surface area contributed by atoms with E-state index in [0.717, 1.165) is 30.8 Å². The second kappa shape index (κ2) is 9.20. The zero-order chi connectivity index (χ0) is 21.0. The van der Waals surface area contributed by atoms with Crippen molar-refractivity contribution in [2.45, 2.75) is 40.2 Å². The van der Waals surface area contributed by atoms with E-state index in [1.807, 2.05) is 24.6 Å². The number of rotatable bonds is 6. The molecule has 1 aliphatic rings. The smallest absolute Gasteiger partial charge is 0.253 e. The SMILES string of the molecule is Cc1cc(C)n(CC(C)CNC(=O)C2CCCN(C(=O)c3ccc(F)cc3)C2)n1. The molecule has 1 aromatic heterocycles. The van der Waals surface area contributed by atoms with Gasteiger partial charge in [0.05, 0.1) is 11.6 Å². The van der Waals surface area contributed by atoms with Crippen molar-refractivity contribution in [1.82, 2.24) is 20.0 Å². The van der Waals surface area contributed by atoms with E-state index >= 15 is 0 Å². The van der Waals surface area contributed by atoms with Gasteiger partial charge in [0.2, 0.25) is 5.91 Å². The largest absolute Gasteiger partial charge is 0.355 e. The third-order valence-electron chi connectivity index (χ3n) is 5.38. The lowest BCUT2D eigenvalue weighted by atomic mass is 9.96. The van der Waals surface area contributed by atoms with Crippen LogP contribution in [0.15, 0.2) is 30.3 Å². The van der Waals surface area contributed by atoms with E-state index in [4.69, 9.17) is 0 Å². The van der Waals surface area contributed by atoms with E-state index in [1.165, 1.54) is 24.3 Å². The molecular weight excluding hydrogens is 371 g/mol. The number of nitrogens with zero attached hydrogens (tertiary/aromatic N) is 3. The number of nitrogens with one attached hydrogen (secondary N) is 1. The summed E-state index contributed by atoms with van der Waals surface area (Å²) < 4.78 is 15.1. The van der Waals surface area contributed by atoms with E-state index in [1.54, 1.807) is 4.90 Å². The number of carbonyl (C=O) groups is 2. The topological polar surface area (TPSA) is 67.2 Å². The fourth-order valence-corrected chi connectivity index (χ4v) is 3.79. The number of hydrogen-bond donors (Lipinski definition) is 1. The molecular formula is C22H29FN4O2. The van der Waals surface area contributed by atoms with Crippen molar-refractivity contribution >= 4 is 11.8 Å². The van der Waals surface area contributed by atoms with Crippen molar-refractivity contribution in [2.75, 3.05) is 19.6 Å². The average molecular weight is 400 g/mol. The summed E-state index contributed by atoms with van der Waals surface area (Å²) in [6, 6.07) is 7.58. The normalized spacial score (nSPS) is 17.8. The Morgan fingerprint density at radius 2 is 2.00 bits per heavy atom. The summed E-state index contributed by atoms with van der Waals surface area (Å²) in [5, 5.41) is 7.50. The number of halogens is 1. The maximum absolute atomic E-state index is 13.1. The molecule has 156 valence electrons. The summed E-state index contributed by atoms with van der Waals surface area (Å²) in [7, 11) is 0. The minimum absolute atomic E-state index is 0.0122. The van der Waals surface area contributed by atoms with Gasteiger partial charge in [-0.05, 0) is 62.9 Å². The first-order valence-corrected chi connectivity index (χ1v) is 10.2. The predicted molar refractivity (Wildman–Crippen MR) is 109 cm³/mol. The molecule has 6 nitrogen and oxygen atoms in total. The quantitative estimate of drug-likeness (QED) is 0.811. The minimum atomic E-state index is -0.368. The molecule has 0 aliphatic carbocycles. The van der Waals surface area contributed by atoms with Gasteiger partial charge in [0.1, 0.15) is 5.82 Å². The molecule has 0 saturated carbocycles. The van der Waals surface area contributed by atoms with Crippen LogP contribution in [0.3, 0.4) is 0 Å². The molecule has 3 rings (SSSR count). The van der Waals surface area contributed by atoms with Crippen LogP contribution in [-0.4, -0.2) is 46.1 Å². The summed E-state index contributed by atoms with van der Waals surface area (Å²) in [5.41, 5.74) is 2.56. The summed E-state index contributed by atoms with van der Waals surface area (Å²) in [4.78, 5) is 27.0. The maximum Gasteiger partial charge on any atom is 0.253 e. The van der Waals surface area contributed by atoms with E-state index < -0.39 is 0 Å². The first-order valence-electron chi connectivity index (χ1n) is 10.2. The predicted octanol–water partition coefficient (Wildman–Crippen LogP) is 2.94. The van der Waals surface area contributed by atoms with Crippen molar-refractivity contribution in [1.29, 1.82) is 0 Å². The number of piperidine rings is 1. The van der Waals surface area contributed by atoms with Gasteiger partial charge in [0, 0.05) is 37.4 Å². The van der Waals surface area contributed by atoms with Gasteiger partial charge in [0.25, 0.3) is 5.91 Å². The summed E-state index contributed by atoms with van der Waals surface area (Å²) in [6.45, 7) is 8.42. The van der Waals surface area contributed by atoms with Crippen LogP contribution in [0.5, 0.6) is 0 Å². The third-order valence-corrected chi connectivity index (χ3v) is 5.38. The Bertz CT molecular complexity index is 862. The summed E-state index contributed by atoms with van der Waals surface area (Å²) in [5.74, 6) is -0.499. The van der Waals surface area contributed by atoms with Gasteiger partial charge in [-0.25, -0.2) is 4.39 Å². The zero-order valence-electron chi connectivity index (χ0n) is 17.3. The van der Waals surface area contributed by atoms with Crippen LogP contribution in [0.1, 0.15) is 41.5 Å². The second-order valence-electron chi connectivity index (χ2n) is 8.06. The molecule has 1 N–H and O–H groups in total. The fraction of sp³-hybridized carbons (Fsp3) is 0.500. The maximum atomic E-state index is 13.1. The van der Waals surface area contributed by atoms with Crippen molar-refractivity contribution in [2.24, 2.45) is 11.8 Å². The van der Waals surface area contributed by atoms with Crippen LogP contribution < -0.4 is 5.32 Å². The van der Waals surface area contributed by atoms with Crippen LogP contribution in [0.2, 0.25) is 0 Å². The molecule has 0 bridgehead atoms. The van der Waals surface area contributed by atoms with Crippen LogP contribution in [0.25, 0.3) is 0 Å². The molecule has 0 spiro atoms. The van der Waals surface area contributed by atoms with Gasteiger partial charge < -0.3 is 10.2 Å². The highest BCUT2D eigenvalue weighted by Crippen LogP contribution is 2.19. The lowest BCUT2D eigenvalue weighted by Crippen LogP contribution is -2.46. The fourth-order valence-electron chi connectivity index (χ4n) is 3.79. The Kier molecular flexibility index (Phi) is 6.67. The highest BCUT2D eigenvalue weighted by Gasteiger charge is 2.29. The molecule has 2 heterocycles. The average Bonchev–Trinajstić information content (AvgIpc) is 3.03. The van der Waals surface area contributed by atoms with Gasteiger partial charge in [-0.1, -0.05) is 6.92 Å². The number of hydrogen-bond acceptors (Lipinski definition) is 3. The third kappa shape index (κ3) is 5.43. The lowest BCUT2D eigenvalue weighted by molar-refractivity contribution is -0.126. The standard InChI is InChI=1S/C22H29FN4O2/c1-15(13-27-17(3)11-16(2)25-27)12-24-21(28)19-5-4-10-26(14-19)22(29)18-6-8-20(23)9-7-18/h6-9,11,15,19H,4-5,10,12-14H2,1-3H3,(H,24,28).